The molecule has 0 radical (unpaired) electrons. The van der Waals surface area contributed by atoms with E-state index in [-0.39, 0.29) is 11.9 Å². The number of aliphatic carboxylic acids is 1. The Morgan fingerprint density at radius 3 is 2.42 bits per heavy atom. The van der Waals surface area contributed by atoms with E-state index in [1.807, 2.05) is 18.2 Å². The monoisotopic (exact) mass is 363 g/mol. The highest BCUT2D eigenvalue weighted by Gasteiger charge is 2.29. The largest absolute Gasteiger partial charge is 0.493 e. The molecule has 1 amide bonds. The highest BCUT2D eigenvalue weighted by Crippen LogP contribution is 2.28. The molecule has 6 heteroatoms. The molecule has 6 nitrogen and oxygen atoms in total. The van der Waals surface area contributed by atoms with Crippen molar-refractivity contribution >= 4 is 11.9 Å². The van der Waals surface area contributed by atoms with Gasteiger partial charge in [0.1, 0.15) is 0 Å². The number of carboxylic acid groups (broad SMARTS) is 1. The third kappa shape index (κ3) is 5.64. The molecule has 1 aliphatic rings. The molecule has 0 aliphatic heterocycles. The number of methoxy groups -OCH3 is 2. The first-order valence-electron chi connectivity index (χ1n) is 9.28. The van der Waals surface area contributed by atoms with Gasteiger partial charge >= 0.3 is 5.97 Å². The quantitative estimate of drug-likeness (QED) is 0.777. The SMILES string of the molecule is COc1ccc(CCC(=O)NC2CCCCCCC2C(=O)O)cc1OC. The van der Waals surface area contributed by atoms with Crippen molar-refractivity contribution in [2.24, 2.45) is 5.92 Å². The van der Waals surface area contributed by atoms with Crippen molar-refractivity contribution in [3.05, 3.63) is 23.8 Å². The number of carbonyl (C=O) groups excluding carboxylic acids is 1. The lowest BCUT2D eigenvalue weighted by Gasteiger charge is -2.27. The summed E-state index contributed by atoms with van der Waals surface area (Å²) in [6, 6.07) is 5.32. The first-order valence-corrected chi connectivity index (χ1v) is 9.28. The van der Waals surface area contributed by atoms with Gasteiger partial charge in [-0.3, -0.25) is 9.59 Å². The number of aryl methyl sites for hydroxylation is 1. The van der Waals surface area contributed by atoms with Crippen molar-refractivity contribution in [1.29, 1.82) is 0 Å². The molecular weight excluding hydrogens is 334 g/mol. The van der Waals surface area contributed by atoms with Crippen molar-refractivity contribution in [2.45, 2.75) is 57.4 Å². The maximum absolute atomic E-state index is 12.4. The zero-order valence-corrected chi connectivity index (χ0v) is 15.6. The molecule has 1 aliphatic carbocycles. The Balaban J connectivity index is 1.93. The van der Waals surface area contributed by atoms with Crippen molar-refractivity contribution in [3.63, 3.8) is 0 Å². The Hall–Kier alpha value is -2.24. The Kier molecular flexibility index (Phi) is 7.75. The van der Waals surface area contributed by atoms with E-state index in [1.165, 1.54) is 0 Å². The van der Waals surface area contributed by atoms with Gasteiger partial charge in [-0.05, 0) is 37.0 Å². The predicted molar refractivity (Wildman–Crippen MR) is 98.6 cm³/mol. The predicted octanol–water partition coefficient (Wildman–Crippen LogP) is 3.18. The summed E-state index contributed by atoms with van der Waals surface area (Å²) in [5.41, 5.74) is 0.977. The molecule has 0 saturated heterocycles. The molecule has 1 fully saturated rings. The fourth-order valence-corrected chi connectivity index (χ4v) is 3.53. The van der Waals surface area contributed by atoms with Gasteiger partial charge in [0.15, 0.2) is 11.5 Å². The number of rotatable bonds is 7. The van der Waals surface area contributed by atoms with Crippen molar-refractivity contribution in [3.8, 4) is 11.5 Å². The second-order valence-electron chi connectivity index (χ2n) is 6.80. The van der Waals surface area contributed by atoms with E-state index in [1.54, 1.807) is 14.2 Å². The summed E-state index contributed by atoms with van der Waals surface area (Å²) in [4.78, 5) is 23.9. The maximum Gasteiger partial charge on any atom is 0.308 e. The van der Waals surface area contributed by atoms with Gasteiger partial charge in [-0.1, -0.05) is 31.7 Å². The summed E-state index contributed by atoms with van der Waals surface area (Å²) in [7, 11) is 3.16. The van der Waals surface area contributed by atoms with Gasteiger partial charge in [0.05, 0.1) is 20.1 Å². The number of benzene rings is 1. The fourth-order valence-electron chi connectivity index (χ4n) is 3.53. The van der Waals surface area contributed by atoms with Crippen molar-refractivity contribution in [2.75, 3.05) is 14.2 Å². The number of hydrogen-bond acceptors (Lipinski definition) is 4. The first-order chi connectivity index (χ1) is 12.5. The average Bonchev–Trinajstić information content (AvgIpc) is 2.61. The lowest BCUT2D eigenvalue weighted by atomic mass is 9.86. The van der Waals surface area contributed by atoms with Crippen LogP contribution in [0.2, 0.25) is 0 Å². The van der Waals surface area contributed by atoms with E-state index in [2.05, 4.69) is 5.32 Å². The topological polar surface area (TPSA) is 84.9 Å². The van der Waals surface area contributed by atoms with E-state index in [0.29, 0.717) is 30.8 Å². The summed E-state index contributed by atoms with van der Waals surface area (Å²) in [5.74, 6) is -0.107. The van der Waals surface area contributed by atoms with Crippen LogP contribution in [0.5, 0.6) is 11.5 Å². The molecule has 2 N–H and O–H groups in total. The molecule has 26 heavy (non-hydrogen) atoms. The zero-order chi connectivity index (χ0) is 18.9. The Morgan fingerprint density at radius 1 is 1.08 bits per heavy atom. The standard InChI is InChI=1S/C20H29NO5/c1-25-17-11-9-14(13-18(17)26-2)10-12-19(22)21-16-8-6-4-3-5-7-15(16)20(23)24/h9,11,13,15-16H,3-8,10,12H2,1-2H3,(H,21,22)(H,23,24). The Labute approximate surface area is 154 Å². The van der Waals surface area contributed by atoms with Crippen LogP contribution < -0.4 is 14.8 Å². The summed E-state index contributed by atoms with van der Waals surface area (Å²) in [6.07, 6.45) is 6.30. The lowest BCUT2D eigenvalue weighted by Crippen LogP contribution is -2.44. The van der Waals surface area contributed by atoms with Crippen LogP contribution in [0.15, 0.2) is 18.2 Å². The van der Waals surface area contributed by atoms with E-state index in [9.17, 15) is 14.7 Å². The van der Waals surface area contributed by atoms with E-state index < -0.39 is 11.9 Å². The molecule has 1 saturated carbocycles. The number of amides is 1. The molecule has 2 rings (SSSR count). The highest BCUT2D eigenvalue weighted by molar-refractivity contribution is 5.78. The summed E-state index contributed by atoms with van der Waals surface area (Å²) in [6.45, 7) is 0. The summed E-state index contributed by atoms with van der Waals surface area (Å²) >= 11 is 0. The number of nitrogens with one attached hydrogen (secondary N) is 1. The minimum atomic E-state index is -0.808. The molecule has 0 heterocycles. The summed E-state index contributed by atoms with van der Waals surface area (Å²) in [5, 5.41) is 12.4. The highest BCUT2D eigenvalue weighted by atomic mass is 16.5. The van der Waals surface area contributed by atoms with Gasteiger partial charge in [-0.2, -0.15) is 0 Å². The molecular formula is C20H29NO5. The van der Waals surface area contributed by atoms with Gasteiger partial charge in [-0.15, -0.1) is 0 Å². The molecule has 2 unspecified atom stereocenters. The van der Waals surface area contributed by atoms with Gasteiger partial charge in [0.25, 0.3) is 0 Å². The van der Waals surface area contributed by atoms with E-state index in [0.717, 1.165) is 37.7 Å². The molecule has 1 aromatic carbocycles. The smallest absolute Gasteiger partial charge is 0.308 e. The van der Waals surface area contributed by atoms with E-state index in [4.69, 9.17) is 9.47 Å². The Bertz CT molecular complexity index is 616. The van der Waals surface area contributed by atoms with Gasteiger partial charge in [-0.25, -0.2) is 0 Å². The Morgan fingerprint density at radius 2 is 1.77 bits per heavy atom. The number of ether oxygens (including phenoxy) is 2. The zero-order valence-electron chi connectivity index (χ0n) is 15.6. The van der Waals surface area contributed by atoms with Crippen LogP contribution in [0, 0.1) is 5.92 Å². The van der Waals surface area contributed by atoms with Crippen LogP contribution in [0.4, 0.5) is 0 Å². The summed E-state index contributed by atoms with van der Waals surface area (Å²) < 4.78 is 10.5. The van der Waals surface area contributed by atoms with Gasteiger partial charge in [0.2, 0.25) is 5.91 Å². The minimum Gasteiger partial charge on any atom is -0.493 e. The number of carbonyl (C=O) groups is 2. The van der Waals surface area contributed by atoms with Crippen LogP contribution in [-0.2, 0) is 16.0 Å². The molecule has 2 atom stereocenters. The molecule has 0 aromatic heterocycles. The lowest BCUT2D eigenvalue weighted by molar-refractivity contribution is -0.143. The second-order valence-corrected chi connectivity index (χ2v) is 6.80. The van der Waals surface area contributed by atoms with E-state index >= 15 is 0 Å². The van der Waals surface area contributed by atoms with Crippen LogP contribution >= 0.6 is 0 Å². The molecule has 0 bridgehead atoms. The van der Waals surface area contributed by atoms with Crippen LogP contribution in [-0.4, -0.2) is 37.2 Å². The van der Waals surface area contributed by atoms with Crippen LogP contribution in [0.25, 0.3) is 0 Å². The third-order valence-corrected chi connectivity index (χ3v) is 5.02. The van der Waals surface area contributed by atoms with Gasteiger partial charge < -0.3 is 19.9 Å². The minimum absolute atomic E-state index is 0.100. The number of hydrogen-bond donors (Lipinski definition) is 2. The normalized spacial score (nSPS) is 20.5. The van der Waals surface area contributed by atoms with Crippen LogP contribution in [0.3, 0.4) is 0 Å². The fraction of sp³-hybridized carbons (Fsp3) is 0.600. The van der Waals surface area contributed by atoms with Gasteiger partial charge in [0, 0.05) is 12.5 Å². The third-order valence-electron chi connectivity index (χ3n) is 5.02. The molecule has 144 valence electrons. The van der Waals surface area contributed by atoms with Crippen molar-refractivity contribution in [1.82, 2.24) is 5.32 Å². The number of carboxylic acids is 1. The average molecular weight is 363 g/mol. The first kappa shape index (κ1) is 20.1. The van der Waals surface area contributed by atoms with Crippen molar-refractivity contribution < 1.29 is 24.2 Å². The molecule has 1 aromatic rings. The maximum atomic E-state index is 12.4. The molecule has 0 spiro atoms. The van der Waals surface area contributed by atoms with Crippen LogP contribution in [0.1, 0.15) is 50.5 Å². The second kappa shape index (κ2) is 10.0.